The highest BCUT2D eigenvalue weighted by molar-refractivity contribution is 5.94. The second kappa shape index (κ2) is 7.14. The molecule has 3 rings (SSSR count). The van der Waals surface area contributed by atoms with Gasteiger partial charge in [-0.2, -0.15) is 0 Å². The Morgan fingerprint density at radius 2 is 1.88 bits per heavy atom. The van der Waals surface area contributed by atoms with Crippen molar-refractivity contribution < 1.29 is 19.1 Å². The van der Waals surface area contributed by atoms with E-state index in [1.165, 1.54) is 12.0 Å². The highest BCUT2D eigenvalue weighted by Gasteiger charge is 2.34. The summed E-state index contributed by atoms with van der Waals surface area (Å²) in [5.41, 5.74) is 2.99. The topological polar surface area (TPSA) is 71.1 Å². The third-order valence-corrected chi connectivity index (χ3v) is 4.76. The van der Waals surface area contributed by atoms with Crippen LogP contribution < -0.4 is 10.2 Å². The minimum Gasteiger partial charge on any atom is -0.466 e. The van der Waals surface area contributed by atoms with Gasteiger partial charge in [0, 0.05) is 31.5 Å². The van der Waals surface area contributed by atoms with Crippen molar-refractivity contribution in [1.29, 1.82) is 0 Å². The van der Waals surface area contributed by atoms with Gasteiger partial charge in [0.05, 0.1) is 31.9 Å². The first-order valence-electron chi connectivity index (χ1n) is 8.29. The van der Waals surface area contributed by atoms with Crippen LogP contribution in [0.25, 0.3) is 0 Å². The van der Waals surface area contributed by atoms with Gasteiger partial charge in [0.2, 0.25) is 0 Å². The van der Waals surface area contributed by atoms with Crippen LogP contribution in [0.1, 0.15) is 18.5 Å². The van der Waals surface area contributed by atoms with E-state index < -0.39 is 12.0 Å². The SMILES string of the molecule is COC(=O)C1=C(C)N(C)C(=O)N[C@@H]1c1ccc(N2CCOCC2)cc1. The highest BCUT2D eigenvalue weighted by Crippen LogP contribution is 2.31. The Balaban J connectivity index is 1.90. The van der Waals surface area contributed by atoms with E-state index in [4.69, 9.17) is 9.47 Å². The first-order valence-corrected chi connectivity index (χ1v) is 8.29. The van der Waals surface area contributed by atoms with Gasteiger partial charge in [-0.1, -0.05) is 12.1 Å². The van der Waals surface area contributed by atoms with Crippen LogP contribution in [0.4, 0.5) is 10.5 Å². The zero-order valence-corrected chi connectivity index (χ0v) is 14.7. The van der Waals surface area contributed by atoms with Crippen molar-refractivity contribution in [3.05, 3.63) is 41.1 Å². The molecule has 25 heavy (non-hydrogen) atoms. The zero-order valence-electron chi connectivity index (χ0n) is 14.7. The number of carbonyl (C=O) groups is 2. The molecule has 1 saturated heterocycles. The minimum absolute atomic E-state index is 0.243. The van der Waals surface area contributed by atoms with Crippen molar-refractivity contribution in [2.75, 3.05) is 45.4 Å². The lowest BCUT2D eigenvalue weighted by molar-refractivity contribution is -0.136. The molecule has 0 spiro atoms. The molecule has 134 valence electrons. The third kappa shape index (κ3) is 3.32. The van der Waals surface area contributed by atoms with E-state index in [-0.39, 0.29) is 6.03 Å². The number of allylic oxidation sites excluding steroid dienone is 1. The molecule has 1 fully saturated rings. The van der Waals surface area contributed by atoms with Gasteiger partial charge in [-0.05, 0) is 24.6 Å². The molecule has 7 heteroatoms. The number of ether oxygens (including phenoxy) is 2. The molecule has 1 aromatic rings. The largest absolute Gasteiger partial charge is 0.466 e. The Hall–Kier alpha value is -2.54. The number of nitrogens with zero attached hydrogens (tertiary/aromatic N) is 2. The highest BCUT2D eigenvalue weighted by atomic mass is 16.5. The lowest BCUT2D eigenvalue weighted by Gasteiger charge is -2.33. The minimum atomic E-state index is -0.519. The molecule has 0 saturated carbocycles. The van der Waals surface area contributed by atoms with Crippen molar-refractivity contribution in [2.24, 2.45) is 0 Å². The Morgan fingerprint density at radius 3 is 2.48 bits per heavy atom. The second-order valence-corrected chi connectivity index (χ2v) is 6.12. The molecule has 1 aromatic carbocycles. The van der Waals surface area contributed by atoms with Gasteiger partial charge in [-0.15, -0.1) is 0 Å². The number of urea groups is 1. The fourth-order valence-electron chi connectivity index (χ4n) is 3.16. The predicted octanol–water partition coefficient (Wildman–Crippen LogP) is 1.67. The number of rotatable bonds is 3. The fourth-order valence-corrected chi connectivity index (χ4v) is 3.16. The number of carbonyl (C=O) groups excluding carboxylic acids is 2. The molecule has 2 heterocycles. The van der Waals surface area contributed by atoms with Crippen LogP contribution in [0.3, 0.4) is 0 Å². The van der Waals surface area contributed by atoms with E-state index in [1.807, 2.05) is 24.3 Å². The Bertz CT molecular complexity index is 693. The number of nitrogens with one attached hydrogen (secondary N) is 1. The third-order valence-electron chi connectivity index (χ3n) is 4.76. The average molecular weight is 345 g/mol. The number of hydrogen-bond donors (Lipinski definition) is 1. The van der Waals surface area contributed by atoms with Crippen LogP contribution in [0.2, 0.25) is 0 Å². The van der Waals surface area contributed by atoms with Crippen molar-refractivity contribution >= 4 is 17.7 Å². The summed E-state index contributed by atoms with van der Waals surface area (Å²) in [6.07, 6.45) is 0. The molecule has 7 nitrogen and oxygen atoms in total. The van der Waals surface area contributed by atoms with Crippen molar-refractivity contribution in [1.82, 2.24) is 10.2 Å². The van der Waals surface area contributed by atoms with Gasteiger partial charge in [0.15, 0.2) is 0 Å². The van der Waals surface area contributed by atoms with Gasteiger partial charge >= 0.3 is 12.0 Å². The average Bonchev–Trinajstić information content (AvgIpc) is 2.66. The molecular weight excluding hydrogens is 322 g/mol. The fraction of sp³-hybridized carbons (Fsp3) is 0.444. The van der Waals surface area contributed by atoms with Crippen molar-refractivity contribution in [3.8, 4) is 0 Å². The maximum Gasteiger partial charge on any atom is 0.337 e. The van der Waals surface area contributed by atoms with E-state index in [0.29, 0.717) is 11.3 Å². The summed E-state index contributed by atoms with van der Waals surface area (Å²) in [4.78, 5) is 28.1. The van der Waals surface area contributed by atoms with Crippen molar-refractivity contribution in [3.63, 3.8) is 0 Å². The monoisotopic (exact) mass is 345 g/mol. The standard InChI is InChI=1S/C18H23N3O4/c1-12-15(17(22)24-3)16(19-18(23)20(12)2)13-4-6-14(7-5-13)21-8-10-25-11-9-21/h4-7,16H,8-11H2,1-3H3,(H,19,23)/t16-/m1/s1. The maximum atomic E-state index is 12.2. The quantitative estimate of drug-likeness (QED) is 0.844. The maximum absolute atomic E-state index is 12.2. The van der Waals surface area contributed by atoms with Gasteiger partial charge in [-0.3, -0.25) is 0 Å². The van der Waals surface area contributed by atoms with Crippen LogP contribution >= 0.6 is 0 Å². The Morgan fingerprint density at radius 1 is 1.24 bits per heavy atom. The smallest absolute Gasteiger partial charge is 0.337 e. The summed E-state index contributed by atoms with van der Waals surface area (Å²) in [5.74, 6) is -0.438. The van der Waals surface area contributed by atoms with Crippen LogP contribution in [-0.4, -0.2) is 57.4 Å². The van der Waals surface area contributed by atoms with E-state index in [2.05, 4.69) is 10.2 Å². The number of esters is 1. The molecule has 1 atom stereocenters. The van der Waals surface area contributed by atoms with Gasteiger partial charge in [0.1, 0.15) is 0 Å². The number of anilines is 1. The first kappa shape index (κ1) is 17.3. The number of amides is 2. The molecule has 2 aliphatic rings. The van der Waals surface area contributed by atoms with Crippen LogP contribution in [0, 0.1) is 0 Å². The van der Waals surface area contributed by atoms with Gasteiger partial charge in [0.25, 0.3) is 0 Å². The second-order valence-electron chi connectivity index (χ2n) is 6.12. The van der Waals surface area contributed by atoms with Crippen LogP contribution in [-0.2, 0) is 14.3 Å². The van der Waals surface area contributed by atoms with Gasteiger partial charge < -0.3 is 24.6 Å². The Kier molecular flexibility index (Phi) is 4.94. The molecule has 1 N–H and O–H groups in total. The lowest BCUT2D eigenvalue weighted by Crippen LogP contribution is -2.46. The molecule has 2 amide bonds. The molecule has 0 radical (unpaired) electrons. The first-order chi connectivity index (χ1) is 12.0. The van der Waals surface area contributed by atoms with Crippen molar-refractivity contribution in [2.45, 2.75) is 13.0 Å². The van der Waals surface area contributed by atoms with E-state index >= 15 is 0 Å². The molecule has 0 bridgehead atoms. The zero-order chi connectivity index (χ0) is 18.0. The van der Waals surface area contributed by atoms with Crippen LogP contribution in [0.15, 0.2) is 35.5 Å². The van der Waals surface area contributed by atoms with E-state index in [1.54, 1.807) is 14.0 Å². The molecule has 0 aromatic heterocycles. The lowest BCUT2D eigenvalue weighted by atomic mass is 9.95. The number of hydrogen-bond acceptors (Lipinski definition) is 5. The van der Waals surface area contributed by atoms with E-state index in [9.17, 15) is 9.59 Å². The summed E-state index contributed by atoms with van der Waals surface area (Å²) < 4.78 is 10.3. The normalized spacial score (nSPS) is 21.2. The number of benzene rings is 1. The van der Waals surface area contributed by atoms with Gasteiger partial charge in [-0.25, -0.2) is 9.59 Å². The number of morpholine rings is 1. The molecular formula is C18H23N3O4. The predicted molar refractivity (Wildman–Crippen MR) is 93.2 cm³/mol. The molecule has 0 unspecified atom stereocenters. The molecule has 0 aliphatic carbocycles. The summed E-state index contributed by atoms with van der Waals surface area (Å²) in [7, 11) is 2.98. The summed E-state index contributed by atoms with van der Waals surface area (Å²) in [6.45, 7) is 4.91. The molecule has 2 aliphatic heterocycles. The van der Waals surface area contributed by atoms with Crippen LogP contribution in [0.5, 0.6) is 0 Å². The summed E-state index contributed by atoms with van der Waals surface area (Å²) in [6, 6.07) is 7.14. The van der Waals surface area contributed by atoms with E-state index in [0.717, 1.165) is 37.6 Å². The number of methoxy groups -OCH3 is 1. The summed E-state index contributed by atoms with van der Waals surface area (Å²) in [5, 5.41) is 2.87. The summed E-state index contributed by atoms with van der Waals surface area (Å²) >= 11 is 0. The Labute approximate surface area is 147 Å².